The Hall–Kier alpha value is -1.70. The first kappa shape index (κ1) is 20.6. The molecule has 0 radical (unpaired) electrons. The van der Waals surface area contributed by atoms with E-state index >= 15 is 0 Å². The molecule has 4 fully saturated rings. The molecular weight excluding hydrogens is 400 g/mol. The second kappa shape index (κ2) is 6.65. The minimum Gasteiger partial charge on any atom is -0.475 e. The van der Waals surface area contributed by atoms with Gasteiger partial charge in [0.15, 0.2) is 27.0 Å². The van der Waals surface area contributed by atoms with Crippen LogP contribution in [0.1, 0.15) is 46.0 Å². The molecule has 1 N–H and O–H groups in total. The molecule has 1 aromatic carbocycles. The zero-order chi connectivity index (χ0) is 21.2. The lowest BCUT2D eigenvalue weighted by atomic mass is 9.53. The summed E-state index contributed by atoms with van der Waals surface area (Å²) < 4.78 is 56.9. The molecule has 1 amide bonds. The predicted molar refractivity (Wildman–Crippen MR) is 104 cm³/mol. The van der Waals surface area contributed by atoms with Gasteiger partial charge in [0.2, 0.25) is 0 Å². The third kappa shape index (κ3) is 3.53. The van der Waals surface area contributed by atoms with Gasteiger partial charge in [-0.25, -0.2) is 17.2 Å². The van der Waals surface area contributed by atoms with Gasteiger partial charge >= 0.3 is 0 Å². The summed E-state index contributed by atoms with van der Waals surface area (Å²) in [7, 11) is -3.16. The Balaban J connectivity index is 1.49. The van der Waals surface area contributed by atoms with Crippen molar-refractivity contribution in [1.29, 1.82) is 0 Å². The Morgan fingerprint density at radius 1 is 1.17 bits per heavy atom. The maximum Gasteiger partial charge on any atom is 0.263 e. The molecule has 1 aromatic rings. The highest BCUT2D eigenvalue weighted by Crippen LogP contribution is 2.58. The highest BCUT2D eigenvalue weighted by molar-refractivity contribution is 7.92. The van der Waals surface area contributed by atoms with Gasteiger partial charge in [-0.2, -0.15) is 0 Å². The fourth-order valence-electron chi connectivity index (χ4n) is 5.84. The van der Waals surface area contributed by atoms with Crippen LogP contribution in [0, 0.1) is 29.4 Å². The topological polar surface area (TPSA) is 72.5 Å². The number of hydrogen-bond donors (Lipinski definition) is 1. The fourth-order valence-corrected chi connectivity index (χ4v) is 7.42. The van der Waals surface area contributed by atoms with E-state index in [-0.39, 0.29) is 29.5 Å². The van der Waals surface area contributed by atoms with Crippen molar-refractivity contribution in [2.24, 2.45) is 17.8 Å². The third-order valence-electron chi connectivity index (χ3n) is 7.11. The molecule has 0 saturated heterocycles. The molecule has 4 bridgehead atoms. The Kier molecular flexibility index (Phi) is 4.72. The molecule has 2 atom stereocenters. The molecule has 4 saturated carbocycles. The van der Waals surface area contributed by atoms with Crippen LogP contribution in [0.2, 0.25) is 0 Å². The Bertz CT molecular complexity index is 930. The summed E-state index contributed by atoms with van der Waals surface area (Å²) in [6.07, 6.45) is 5.08. The lowest BCUT2D eigenvalue weighted by Gasteiger charge is -2.59. The number of nitrogens with one attached hydrogen (secondary N) is 1. The van der Waals surface area contributed by atoms with E-state index in [0.29, 0.717) is 24.8 Å². The number of hydrogen-bond acceptors (Lipinski definition) is 4. The lowest BCUT2D eigenvalue weighted by molar-refractivity contribution is -0.138. The monoisotopic (exact) mass is 427 g/mol. The number of benzene rings is 1. The number of carbonyl (C=O) groups is 1. The minimum absolute atomic E-state index is 0.102. The maximum absolute atomic E-state index is 13.9. The summed E-state index contributed by atoms with van der Waals surface area (Å²) in [5, 5.41) is 3.07. The number of halogens is 2. The molecule has 2 unspecified atom stereocenters. The average molecular weight is 428 g/mol. The zero-order valence-electron chi connectivity index (χ0n) is 16.9. The van der Waals surface area contributed by atoms with Gasteiger partial charge in [0, 0.05) is 18.4 Å². The molecule has 29 heavy (non-hydrogen) atoms. The molecule has 0 aliphatic heterocycles. The van der Waals surface area contributed by atoms with Gasteiger partial charge in [-0.1, -0.05) is 0 Å². The van der Waals surface area contributed by atoms with Crippen molar-refractivity contribution < 1.29 is 26.7 Å². The first-order valence-corrected chi connectivity index (χ1v) is 11.9. The fraction of sp³-hybridized carbons (Fsp3) is 0.667. The summed E-state index contributed by atoms with van der Waals surface area (Å²) in [4.78, 5) is 13.0. The van der Waals surface area contributed by atoms with Gasteiger partial charge in [-0.15, -0.1) is 0 Å². The van der Waals surface area contributed by atoms with Crippen LogP contribution in [0.5, 0.6) is 5.75 Å². The van der Waals surface area contributed by atoms with E-state index < -0.39 is 31.8 Å². The molecular formula is C21H27F2NO4S. The largest absolute Gasteiger partial charge is 0.475 e. The van der Waals surface area contributed by atoms with E-state index in [2.05, 4.69) is 5.32 Å². The van der Waals surface area contributed by atoms with Gasteiger partial charge in [-0.3, -0.25) is 4.79 Å². The van der Waals surface area contributed by atoms with Gasteiger partial charge in [-0.05, 0) is 75.8 Å². The highest BCUT2D eigenvalue weighted by atomic mass is 32.2. The van der Waals surface area contributed by atoms with Crippen LogP contribution in [0.3, 0.4) is 0 Å². The van der Waals surface area contributed by atoms with E-state index in [9.17, 15) is 22.0 Å². The van der Waals surface area contributed by atoms with Crippen molar-refractivity contribution in [2.45, 2.75) is 62.3 Å². The lowest BCUT2D eigenvalue weighted by Crippen LogP contribution is -2.65. The van der Waals surface area contributed by atoms with Crippen LogP contribution < -0.4 is 10.1 Å². The van der Waals surface area contributed by atoms with E-state index in [4.69, 9.17) is 4.74 Å². The van der Waals surface area contributed by atoms with E-state index in [0.717, 1.165) is 25.3 Å². The van der Waals surface area contributed by atoms with Crippen molar-refractivity contribution in [3.05, 3.63) is 29.8 Å². The molecule has 8 heteroatoms. The molecule has 0 aromatic heterocycles. The van der Waals surface area contributed by atoms with E-state index in [1.54, 1.807) is 13.8 Å². The molecule has 0 spiro atoms. The number of sulfone groups is 1. The quantitative estimate of drug-likeness (QED) is 0.783. The van der Waals surface area contributed by atoms with Crippen molar-refractivity contribution in [3.8, 4) is 5.75 Å². The Morgan fingerprint density at radius 3 is 2.34 bits per heavy atom. The van der Waals surface area contributed by atoms with E-state index in [1.807, 2.05) is 0 Å². The summed E-state index contributed by atoms with van der Waals surface area (Å²) >= 11 is 0. The summed E-state index contributed by atoms with van der Waals surface area (Å²) in [5.41, 5.74) is -1.36. The molecule has 160 valence electrons. The van der Waals surface area contributed by atoms with Crippen LogP contribution in [-0.2, 0) is 14.6 Å². The van der Waals surface area contributed by atoms with Gasteiger partial charge in [0.1, 0.15) is 5.82 Å². The molecule has 5 nitrogen and oxygen atoms in total. The predicted octanol–water partition coefficient (Wildman–Crippen LogP) is 3.23. The maximum atomic E-state index is 13.9. The van der Waals surface area contributed by atoms with Gasteiger partial charge < -0.3 is 10.1 Å². The smallest absolute Gasteiger partial charge is 0.263 e. The van der Waals surface area contributed by atoms with Crippen molar-refractivity contribution in [1.82, 2.24) is 5.32 Å². The molecule has 4 aliphatic carbocycles. The summed E-state index contributed by atoms with van der Waals surface area (Å²) in [5.74, 6) is -1.51. The first-order valence-electron chi connectivity index (χ1n) is 10.0. The Labute approximate surface area is 170 Å². The van der Waals surface area contributed by atoms with Crippen LogP contribution in [0.4, 0.5) is 8.78 Å². The number of ether oxygens (including phenoxy) is 1. The van der Waals surface area contributed by atoms with Crippen LogP contribution in [0.25, 0.3) is 0 Å². The highest BCUT2D eigenvalue weighted by Gasteiger charge is 2.60. The van der Waals surface area contributed by atoms with Crippen molar-refractivity contribution in [3.63, 3.8) is 0 Å². The summed E-state index contributed by atoms with van der Waals surface area (Å²) in [6.45, 7) is 3.08. The zero-order valence-corrected chi connectivity index (χ0v) is 17.7. The molecule has 0 heterocycles. The third-order valence-corrected chi connectivity index (χ3v) is 9.18. The molecule has 4 aliphatic rings. The Morgan fingerprint density at radius 2 is 1.79 bits per heavy atom. The van der Waals surface area contributed by atoms with Gasteiger partial charge in [0.05, 0.1) is 4.75 Å². The van der Waals surface area contributed by atoms with E-state index in [1.165, 1.54) is 12.3 Å². The first-order chi connectivity index (χ1) is 13.4. The number of amides is 1. The van der Waals surface area contributed by atoms with Crippen LogP contribution >= 0.6 is 0 Å². The summed E-state index contributed by atoms with van der Waals surface area (Å²) in [6, 6.07) is 2.86. The van der Waals surface area contributed by atoms with Crippen molar-refractivity contribution in [2.75, 3.05) is 6.26 Å². The second-order valence-corrected chi connectivity index (χ2v) is 12.0. The average Bonchev–Trinajstić information content (AvgIpc) is 2.59. The minimum atomic E-state index is -3.16. The normalized spacial score (nSPS) is 33.6. The number of carbonyl (C=O) groups excluding carboxylic acids is 1. The standard InChI is InChI=1S/C21H27F2NO4S/c1-20(2,28-17-5-4-15(22)8-16(17)23)19(25)24-18-13-6-12-7-14(18)11-21(9-12,10-13)29(3,26)27/h4-5,8,12-14,18H,6-7,9-11H2,1-3H3,(H,24,25). The van der Waals surface area contributed by atoms with Crippen LogP contribution in [-0.4, -0.2) is 37.0 Å². The number of rotatable bonds is 5. The van der Waals surface area contributed by atoms with Gasteiger partial charge in [0.25, 0.3) is 5.91 Å². The second-order valence-electron chi connectivity index (χ2n) is 9.61. The van der Waals surface area contributed by atoms with Crippen molar-refractivity contribution >= 4 is 15.7 Å². The SMILES string of the molecule is CC(C)(Oc1ccc(F)cc1F)C(=O)NC1C2CC3CC1CC(S(C)(=O)=O)(C3)C2. The van der Waals surface area contributed by atoms with Crippen LogP contribution in [0.15, 0.2) is 18.2 Å². The molecule has 5 rings (SSSR count).